The topological polar surface area (TPSA) is 68.0 Å². The van der Waals surface area contributed by atoms with Crippen molar-refractivity contribution in [3.63, 3.8) is 0 Å². The summed E-state index contributed by atoms with van der Waals surface area (Å²) >= 11 is 4.65. The number of pyridine rings is 1. The molecule has 1 heterocycles. The van der Waals surface area contributed by atoms with Crippen LogP contribution >= 0.6 is 12.2 Å². The molecule has 1 aromatic heterocycles. The molecule has 0 spiro atoms. The Morgan fingerprint density at radius 3 is 2.73 bits per heavy atom. The molecule has 0 aliphatic carbocycles. The molecule has 0 bridgehead atoms. The fourth-order valence-electron chi connectivity index (χ4n) is 1.19. The number of carbonyl (C=O) groups is 1. The number of nitrogens with two attached hydrogens (primary N) is 1. The highest BCUT2D eigenvalue weighted by atomic mass is 32.1. The third-order valence-corrected chi connectivity index (χ3v) is 2.06. The van der Waals surface area contributed by atoms with Crippen LogP contribution in [0.25, 0.3) is 0 Å². The van der Waals surface area contributed by atoms with Gasteiger partial charge in [-0.1, -0.05) is 12.2 Å². The summed E-state index contributed by atoms with van der Waals surface area (Å²) in [5.41, 5.74) is 6.27. The fraction of sp³-hybridized carbons (Fsp3) is 0.300. The summed E-state index contributed by atoms with van der Waals surface area (Å²) in [6.45, 7) is 1.90. The molecule has 0 saturated heterocycles. The normalized spacial score (nSPS) is 11.8. The molecule has 1 unspecified atom stereocenters. The van der Waals surface area contributed by atoms with Crippen LogP contribution in [0.2, 0.25) is 0 Å². The maximum atomic E-state index is 11.3. The van der Waals surface area contributed by atoms with Crippen LogP contribution in [0.15, 0.2) is 24.5 Å². The van der Waals surface area contributed by atoms with Crippen molar-refractivity contribution in [2.45, 2.75) is 19.4 Å². The Morgan fingerprint density at radius 1 is 1.60 bits per heavy atom. The van der Waals surface area contributed by atoms with Gasteiger partial charge >= 0.3 is 0 Å². The number of hydrogen-bond donors (Lipinski definition) is 2. The Hall–Kier alpha value is -1.49. The SMILES string of the molecule is CC(NC(=O)CC(N)=S)c1ccncc1. The molecule has 1 aromatic rings. The van der Waals surface area contributed by atoms with E-state index in [4.69, 9.17) is 5.73 Å². The second kappa shape index (κ2) is 5.41. The van der Waals surface area contributed by atoms with Gasteiger partial charge in [0, 0.05) is 12.4 Å². The van der Waals surface area contributed by atoms with Gasteiger partial charge < -0.3 is 11.1 Å². The molecule has 0 aliphatic rings. The lowest BCUT2D eigenvalue weighted by molar-refractivity contribution is -0.120. The second-order valence-corrected chi connectivity index (χ2v) is 3.74. The first kappa shape index (κ1) is 11.6. The highest BCUT2D eigenvalue weighted by molar-refractivity contribution is 7.80. The number of aromatic nitrogens is 1. The van der Waals surface area contributed by atoms with Gasteiger partial charge in [0.05, 0.1) is 17.5 Å². The molecule has 4 nitrogen and oxygen atoms in total. The minimum Gasteiger partial charge on any atom is -0.393 e. The van der Waals surface area contributed by atoms with Crippen LogP contribution in [0.3, 0.4) is 0 Å². The van der Waals surface area contributed by atoms with Crippen molar-refractivity contribution in [2.75, 3.05) is 0 Å². The first-order chi connectivity index (χ1) is 7.09. The first-order valence-electron chi connectivity index (χ1n) is 4.57. The van der Waals surface area contributed by atoms with Gasteiger partial charge in [0.2, 0.25) is 5.91 Å². The summed E-state index contributed by atoms with van der Waals surface area (Å²) in [6, 6.07) is 3.65. The smallest absolute Gasteiger partial charge is 0.227 e. The monoisotopic (exact) mass is 223 g/mol. The zero-order valence-electron chi connectivity index (χ0n) is 8.43. The van der Waals surface area contributed by atoms with Gasteiger partial charge in [-0.25, -0.2) is 0 Å². The summed E-state index contributed by atoms with van der Waals surface area (Å²) in [6.07, 6.45) is 3.46. The predicted molar refractivity (Wildman–Crippen MR) is 62.2 cm³/mol. The van der Waals surface area contributed by atoms with Gasteiger partial charge in [-0.05, 0) is 24.6 Å². The van der Waals surface area contributed by atoms with Crippen LogP contribution in [0, 0.1) is 0 Å². The van der Waals surface area contributed by atoms with E-state index in [0.717, 1.165) is 5.56 Å². The lowest BCUT2D eigenvalue weighted by Gasteiger charge is -2.13. The summed E-state index contributed by atoms with van der Waals surface area (Å²) < 4.78 is 0. The highest BCUT2D eigenvalue weighted by Gasteiger charge is 2.09. The van der Waals surface area contributed by atoms with Crippen LogP contribution in [0.1, 0.15) is 24.9 Å². The molecule has 0 aliphatic heterocycles. The molecule has 5 heteroatoms. The Bertz CT molecular complexity index is 353. The van der Waals surface area contributed by atoms with Gasteiger partial charge in [-0.3, -0.25) is 9.78 Å². The van der Waals surface area contributed by atoms with Crippen LogP contribution < -0.4 is 11.1 Å². The third-order valence-electron chi connectivity index (χ3n) is 1.92. The first-order valence-corrected chi connectivity index (χ1v) is 4.98. The lowest BCUT2D eigenvalue weighted by atomic mass is 10.1. The zero-order valence-corrected chi connectivity index (χ0v) is 9.25. The Labute approximate surface area is 93.9 Å². The molecule has 0 saturated carbocycles. The van der Waals surface area contributed by atoms with Crippen molar-refractivity contribution < 1.29 is 4.79 Å². The second-order valence-electron chi connectivity index (χ2n) is 3.21. The van der Waals surface area contributed by atoms with Gasteiger partial charge in [-0.15, -0.1) is 0 Å². The minimum atomic E-state index is -0.160. The lowest BCUT2D eigenvalue weighted by Crippen LogP contribution is -2.29. The molecule has 1 rings (SSSR count). The van der Waals surface area contributed by atoms with E-state index in [1.807, 2.05) is 19.1 Å². The number of amides is 1. The minimum absolute atomic E-state index is 0.0603. The van der Waals surface area contributed by atoms with Crippen LogP contribution in [0.5, 0.6) is 0 Å². The molecule has 1 amide bonds. The number of hydrogen-bond acceptors (Lipinski definition) is 3. The van der Waals surface area contributed by atoms with Crippen molar-refractivity contribution in [3.05, 3.63) is 30.1 Å². The molecule has 0 radical (unpaired) electrons. The number of nitrogens with one attached hydrogen (secondary N) is 1. The quantitative estimate of drug-likeness (QED) is 0.745. The third kappa shape index (κ3) is 4.03. The fourth-order valence-corrected chi connectivity index (χ4v) is 1.32. The highest BCUT2D eigenvalue weighted by Crippen LogP contribution is 2.09. The molecule has 0 fully saturated rings. The van der Waals surface area contributed by atoms with Crippen molar-refractivity contribution in [1.29, 1.82) is 0 Å². The van der Waals surface area contributed by atoms with Crippen LogP contribution in [-0.2, 0) is 4.79 Å². The van der Waals surface area contributed by atoms with Crippen molar-refractivity contribution in [1.82, 2.24) is 10.3 Å². The predicted octanol–water partition coefficient (Wildman–Crippen LogP) is 0.935. The van der Waals surface area contributed by atoms with Crippen molar-refractivity contribution in [3.8, 4) is 0 Å². The zero-order chi connectivity index (χ0) is 11.3. The summed E-state index contributed by atoms with van der Waals surface area (Å²) in [4.78, 5) is 15.4. The maximum Gasteiger partial charge on any atom is 0.227 e. The van der Waals surface area contributed by atoms with E-state index in [-0.39, 0.29) is 23.4 Å². The average Bonchev–Trinajstić information content (AvgIpc) is 2.17. The van der Waals surface area contributed by atoms with Gasteiger partial charge in [-0.2, -0.15) is 0 Å². The Balaban J connectivity index is 2.53. The molecule has 15 heavy (non-hydrogen) atoms. The van der Waals surface area contributed by atoms with Crippen LogP contribution in [-0.4, -0.2) is 15.9 Å². The van der Waals surface area contributed by atoms with E-state index in [2.05, 4.69) is 22.5 Å². The van der Waals surface area contributed by atoms with E-state index in [1.54, 1.807) is 12.4 Å². The molecular weight excluding hydrogens is 210 g/mol. The van der Waals surface area contributed by atoms with Gasteiger partial charge in [0.25, 0.3) is 0 Å². The molecule has 0 aromatic carbocycles. The standard InChI is InChI=1S/C10H13N3OS/c1-7(8-2-4-12-5-3-8)13-10(14)6-9(11)15/h2-5,7H,6H2,1H3,(H2,11,15)(H,13,14). The maximum absolute atomic E-state index is 11.3. The number of thiocarbonyl (C=S) groups is 1. The van der Waals surface area contributed by atoms with Crippen molar-refractivity contribution in [2.24, 2.45) is 5.73 Å². The van der Waals surface area contributed by atoms with Gasteiger partial charge in [0.1, 0.15) is 0 Å². The van der Waals surface area contributed by atoms with Crippen LogP contribution in [0.4, 0.5) is 0 Å². The van der Waals surface area contributed by atoms with E-state index in [1.165, 1.54) is 0 Å². The van der Waals surface area contributed by atoms with Gasteiger partial charge in [0.15, 0.2) is 0 Å². The van der Waals surface area contributed by atoms with Crippen molar-refractivity contribution >= 4 is 23.1 Å². The molecule has 1 atom stereocenters. The Kier molecular flexibility index (Phi) is 4.17. The number of nitrogens with zero attached hydrogens (tertiary/aromatic N) is 1. The van der Waals surface area contributed by atoms with E-state index >= 15 is 0 Å². The summed E-state index contributed by atoms with van der Waals surface area (Å²) in [5.74, 6) is -0.160. The van der Waals surface area contributed by atoms with E-state index < -0.39 is 0 Å². The summed E-state index contributed by atoms with van der Waals surface area (Å²) in [7, 11) is 0. The molecular formula is C10H13N3OS. The summed E-state index contributed by atoms with van der Waals surface area (Å²) in [5, 5.41) is 2.79. The Morgan fingerprint density at radius 2 is 2.20 bits per heavy atom. The molecule has 3 N–H and O–H groups in total. The largest absolute Gasteiger partial charge is 0.393 e. The van der Waals surface area contributed by atoms with E-state index in [9.17, 15) is 4.79 Å². The average molecular weight is 223 g/mol. The number of carbonyl (C=O) groups excluding carboxylic acids is 1. The van der Waals surface area contributed by atoms with E-state index in [0.29, 0.717) is 0 Å². The molecule has 80 valence electrons. The number of rotatable bonds is 4.